The number of para-hydroxylation sites is 1. The molecule has 0 saturated carbocycles. The van der Waals surface area contributed by atoms with Gasteiger partial charge in [-0.2, -0.15) is 0 Å². The topological polar surface area (TPSA) is 22.1 Å². The number of halogens is 1. The number of fused-ring (bicyclic) bond motifs is 1. The number of ether oxygens (including phenoxy) is 1. The molecular weight excluding hydrogens is 210 g/mol. The van der Waals surface area contributed by atoms with E-state index in [1.807, 2.05) is 44.2 Å². The van der Waals surface area contributed by atoms with E-state index in [4.69, 9.17) is 4.74 Å². The largest absolute Gasteiger partial charge is 0.489 e. The second-order valence-corrected chi connectivity index (χ2v) is 3.50. The monoisotopic (exact) mass is 223 g/mol. The molecule has 0 N–H and O–H groups in total. The normalized spacial score (nSPS) is 10.1. The minimum Gasteiger partial charge on any atom is -0.489 e. The molecule has 0 saturated heterocycles. The van der Waals surface area contributed by atoms with Crippen LogP contribution >= 0.6 is 12.4 Å². The van der Waals surface area contributed by atoms with Gasteiger partial charge < -0.3 is 4.74 Å². The molecule has 2 rings (SSSR count). The van der Waals surface area contributed by atoms with Gasteiger partial charge in [-0.25, -0.2) is 0 Å². The summed E-state index contributed by atoms with van der Waals surface area (Å²) in [5.74, 6) is 0.859. The fourth-order valence-electron chi connectivity index (χ4n) is 1.43. The molecule has 0 fully saturated rings. The van der Waals surface area contributed by atoms with Crippen LogP contribution in [0.3, 0.4) is 0 Å². The lowest BCUT2D eigenvalue weighted by atomic mass is 10.2. The molecule has 0 aliphatic heterocycles. The van der Waals surface area contributed by atoms with Gasteiger partial charge in [0.05, 0.1) is 6.10 Å². The molecule has 0 atom stereocenters. The summed E-state index contributed by atoms with van der Waals surface area (Å²) in [5.41, 5.74) is 0.934. The average Bonchev–Trinajstić information content (AvgIpc) is 2.18. The van der Waals surface area contributed by atoms with Crippen molar-refractivity contribution >= 4 is 23.3 Å². The Morgan fingerprint density at radius 3 is 2.60 bits per heavy atom. The molecule has 0 bridgehead atoms. The molecule has 0 radical (unpaired) electrons. The molecule has 2 nitrogen and oxygen atoms in total. The number of benzene rings is 1. The maximum Gasteiger partial charge on any atom is 0.145 e. The summed E-state index contributed by atoms with van der Waals surface area (Å²) in [7, 11) is 0. The molecule has 0 spiro atoms. The van der Waals surface area contributed by atoms with Gasteiger partial charge in [0.15, 0.2) is 0 Å². The van der Waals surface area contributed by atoms with E-state index in [2.05, 4.69) is 4.98 Å². The lowest BCUT2D eigenvalue weighted by molar-refractivity contribution is 0.245. The Morgan fingerprint density at radius 1 is 1.13 bits per heavy atom. The van der Waals surface area contributed by atoms with Crippen molar-refractivity contribution in [2.75, 3.05) is 0 Å². The molecule has 0 aliphatic rings. The van der Waals surface area contributed by atoms with E-state index < -0.39 is 0 Å². The standard InChI is InChI=1S/C12H13NO.ClH/c1-9(2)14-11-7-3-5-10-6-4-8-13-12(10)11;/h3-9H,1-2H3;1H. The minimum absolute atomic E-state index is 0. The molecule has 80 valence electrons. The molecule has 0 unspecified atom stereocenters. The first kappa shape index (κ1) is 11.8. The van der Waals surface area contributed by atoms with Crippen molar-refractivity contribution < 1.29 is 4.74 Å². The number of pyridine rings is 1. The van der Waals surface area contributed by atoms with Crippen molar-refractivity contribution in [2.24, 2.45) is 0 Å². The quantitative estimate of drug-likeness (QED) is 0.778. The van der Waals surface area contributed by atoms with Crippen LogP contribution in [0.15, 0.2) is 36.5 Å². The number of hydrogen-bond donors (Lipinski definition) is 0. The Morgan fingerprint density at radius 2 is 1.87 bits per heavy atom. The highest BCUT2D eigenvalue weighted by atomic mass is 35.5. The number of hydrogen-bond acceptors (Lipinski definition) is 2. The second kappa shape index (κ2) is 4.99. The summed E-state index contributed by atoms with van der Waals surface area (Å²) in [6.07, 6.45) is 1.97. The van der Waals surface area contributed by atoms with E-state index in [1.165, 1.54) is 0 Å². The number of rotatable bonds is 2. The first-order valence-electron chi connectivity index (χ1n) is 4.78. The van der Waals surface area contributed by atoms with Crippen LogP contribution in [0.25, 0.3) is 10.9 Å². The Hall–Kier alpha value is -1.28. The van der Waals surface area contributed by atoms with Crippen LogP contribution in [0.1, 0.15) is 13.8 Å². The zero-order valence-corrected chi connectivity index (χ0v) is 9.62. The molecule has 15 heavy (non-hydrogen) atoms. The zero-order valence-electron chi connectivity index (χ0n) is 8.81. The van der Waals surface area contributed by atoms with Gasteiger partial charge in [-0.05, 0) is 26.0 Å². The molecule has 1 aromatic heterocycles. The molecule has 1 heterocycles. The smallest absolute Gasteiger partial charge is 0.145 e. The Balaban J connectivity index is 0.00000112. The maximum atomic E-state index is 5.66. The van der Waals surface area contributed by atoms with Gasteiger partial charge in [0.2, 0.25) is 0 Å². The lowest BCUT2D eigenvalue weighted by Gasteiger charge is -2.10. The molecular formula is C12H14ClNO. The third-order valence-electron chi connectivity index (χ3n) is 1.96. The predicted molar refractivity (Wildman–Crippen MR) is 64.8 cm³/mol. The van der Waals surface area contributed by atoms with E-state index in [0.29, 0.717) is 0 Å². The van der Waals surface area contributed by atoms with Crippen molar-refractivity contribution in [3.8, 4) is 5.75 Å². The van der Waals surface area contributed by atoms with E-state index in [0.717, 1.165) is 16.7 Å². The van der Waals surface area contributed by atoms with Gasteiger partial charge in [0.1, 0.15) is 11.3 Å². The van der Waals surface area contributed by atoms with Crippen LogP contribution in [0.4, 0.5) is 0 Å². The van der Waals surface area contributed by atoms with Gasteiger partial charge in [-0.1, -0.05) is 18.2 Å². The van der Waals surface area contributed by atoms with Gasteiger partial charge in [-0.15, -0.1) is 12.4 Å². The summed E-state index contributed by atoms with van der Waals surface area (Å²) in [6.45, 7) is 4.03. The van der Waals surface area contributed by atoms with E-state index in [1.54, 1.807) is 6.20 Å². The molecule has 3 heteroatoms. The summed E-state index contributed by atoms with van der Waals surface area (Å²) >= 11 is 0. The Kier molecular flexibility index (Phi) is 3.92. The van der Waals surface area contributed by atoms with Crippen LogP contribution in [0.2, 0.25) is 0 Å². The van der Waals surface area contributed by atoms with Gasteiger partial charge in [-0.3, -0.25) is 4.98 Å². The maximum absolute atomic E-state index is 5.66. The minimum atomic E-state index is 0. The highest BCUT2D eigenvalue weighted by Gasteiger charge is 2.03. The predicted octanol–water partition coefficient (Wildman–Crippen LogP) is 3.44. The van der Waals surface area contributed by atoms with Crippen LogP contribution in [0, 0.1) is 0 Å². The van der Waals surface area contributed by atoms with Crippen molar-refractivity contribution in [3.05, 3.63) is 36.5 Å². The summed E-state index contributed by atoms with van der Waals surface area (Å²) in [4.78, 5) is 4.31. The van der Waals surface area contributed by atoms with Crippen LogP contribution < -0.4 is 4.74 Å². The summed E-state index contributed by atoms with van der Waals surface area (Å²) in [6, 6.07) is 9.95. The summed E-state index contributed by atoms with van der Waals surface area (Å²) in [5, 5.41) is 1.12. The zero-order chi connectivity index (χ0) is 9.97. The molecule has 0 amide bonds. The molecule has 1 aromatic carbocycles. The third-order valence-corrected chi connectivity index (χ3v) is 1.96. The fraction of sp³-hybridized carbons (Fsp3) is 0.250. The van der Waals surface area contributed by atoms with Gasteiger partial charge in [0.25, 0.3) is 0 Å². The number of aromatic nitrogens is 1. The van der Waals surface area contributed by atoms with Crippen LogP contribution in [-0.2, 0) is 0 Å². The first-order chi connectivity index (χ1) is 6.77. The van der Waals surface area contributed by atoms with E-state index >= 15 is 0 Å². The Bertz CT molecular complexity index is 437. The Labute approximate surface area is 95.7 Å². The van der Waals surface area contributed by atoms with Crippen molar-refractivity contribution in [1.82, 2.24) is 4.98 Å². The fourth-order valence-corrected chi connectivity index (χ4v) is 1.43. The SMILES string of the molecule is CC(C)Oc1cccc2cccnc12.Cl. The van der Waals surface area contributed by atoms with Crippen molar-refractivity contribution in [1.29, 1.82) is 0 Å². The van der Waals surface area contributed by atoms with Crippen LogP contribution in [0.5, 0.6) is 5.75 Å². The van der Waals surface area contributed by atoms with Crippen molar-refractivity contribution in [3.63, 3.8) is 0 Å². The number of nitrogens with zero attached hydrogens (tertiary/aromatic N) is 1. The van der Waals surface area contributed by atoms with Crippen LogP contribution in [-0.4, -0.2) is 11.1 Å². The summed E-state index contributed by atoms with van der Waals surface area (Å²) < 4.78 is 5.66. The van der Waals surface area contributed by atoms with E-state index in [9.17, 15) is 0 Å². The van der Waals surface area contributed by atoms with Gasteiger partial charge >= 0.3 is 0 Å². The third kappa shape index (κ3) is 2.60. The van der Waals surface area contributed by atoms with Gasteiger partial charge in [0, 0.05) is 11.6 Å². The van der Waals surface area contributed by atoms with Crippen molar-refractivity contribution in [2.45, 2.75) is 20.0 Å². The average molecular weight is 224 g/mol. The lowest BCUT2D eigenvalue weighted by Crippen LogP contribution is -2.06. The second-order valence-electron chi connectivity index (χ2n) is 3.50. The first-order valence-corrected chi connectivity index (χ1v) is 4.78. The van der Waals surface area contributed by atoms with E-state index in [-0.39, 0.29) is 18.5 Å². The molecule has 2 aromatic rings. The molecule has 0 aliphatic carbocycles. The highest BCUT2D eigenvalue weighted by Crippen LogP contribution is 2.23. The highest BCUT2D eigenvalue weighted by molar-refractivity contribution is 5.85.